The Hall–Kier alpha value is -2.62. The van der Waals surface area contributed by atoms with Crippen LogP contribution >= 0.6 is 11.3 Å². The highest BCUT2D eigenvalue weighted by atomic mass is 32.2. The number of anilines is 1. The zero-order valence-electron chi connectivity index (χ0n) is 17.6. The average molecular weight is 469 g/mol. The average Bonchev–Trinajstić information content (AvgIpc) is 3.52. The van der Waals surface area contributed by atoms with Gasteiger partial charge in [-0.1, -0.05) is 0 Å². The van der Waals surface area contributed by atoms with Gasteiger partial charge in [-0.3, -0.25) is 9.78 Å². The van der Waals surface area contributed by atoms with Crippen LogP contribution in [-0.4, -0.2) is 48.2 Å². The fourth-order valence-electron chi connectivity index (χ4n) is 4.33. The molecule has 0 aliphatic carbocycles. The number of hydrogen-bond donors (Lipinski definition) is 0. The third-order valence-electron chi connectivity index (χ3n) is 5.97. The maximum Gasteiger partial charge on any atom is 0.243 e. The summed E-state index contributed by atoms with van der Waals surface area (Å²) in [5.41, 5.74) is 3.40. The van der Waals surface area contributed by atoms with Crippen LogP contribution < -0.4 is 4.90 Å². The molecule has 2 aliphatic heterocycles. The summed E-state index contributed by atoms with van der Waals surface area (Å²) < 4.78 is 27.4. The van der Waals surface area contributed by atoms with Crippen LogP contribution in [0.2, 0.25) is 0 Å². The molecule has 0 bridgehead atoms. The minimum atomic E-state index is -3.47. The number of amides is 1. The Morgan fingerprint density at radius 2 is 1.94 bits per heavy atom. The van der Waals surface area contributed by atoms with Crippen LogP contribution in [0.25, 0.3) is 10.6 Å². The van der Waals surface area contributed by atoms with Crippen molar-refractivity contribution in [3.8, 4) is 10.6 Å². The van der Waals surface area contributed by atoms with Gasteiger partial charge in [-0.05, 0) is 61.6 Å². The lowest BCUT2D eigenvalue weighted by molar-refractivity contribution is -0.118. The van der Waals surface area contributed by atoms with Crippen LogP contribution in [0.5, 0.6) is 0 Å². The summed E-state index contributed by atoms with van der Waals surface area (Å²) >= 11 is 1.50. The van der Waals surface area contributed by atoms with E-state index in [1.807, 2.05) is 17.5 Å². The van der Waals surface area contributed by atoms with Crippen LogP contribution in [0.4, 0.5) is 5.69 Å². The van der Waals surface area contributed by atoms with E-state index in [0.717, 1.165) is 53.2 Å². The third-order valence-corrected chi connectivity index (χ3v) is 8.80. The maximum atomic E-state index is 13.1. The maximum absolute atomic E-state index is 13.1. The highest BCUT2D eigenvalue weighted by Gasteiger charge is 2.30. The molecule has 0 saturated carbocycles. The summed E-state index contributed by atoms with van der Waals surface area (Å²) in [5.74, 6) is -0.0239. The van der Waals surface area contributed by atoms with Gasteiger partial charge in [0.1, 0.15) is 5.01 Å². The van der Waals surface area contributed by atoms with Gasteiger partial charge in [-0.2, -0.15) is 4.31 Å². The third kappa shape index (κ3) is 4.07. The Kier molecular flexibility index (Phi) is 5.79. The molecule has 0 radical (unpaired) electrons. The molecule has 0 N–H and O–H groups in total. The second-order valence-electron chi connectivity index (χ2n) is 8.11. The van der Waals surface area contributed by atoms with Crippen molar-refractivity contribution in [2.45, 2.75) is 37.0 Å². The molecular weight excluding hydrogens is 444 g/mol. The van der Waals surface area contributed by atoms with E-state index in [2.05, 4.69) is 9.97 Å². The fourth-order valence-corrected chi connectivity index (χ4v) is 6.71. The summed E-state index contributed by atoms with van der Waals surface area (Å²) in [7, 11) is -3.47. The summed E-state index contributed by atoms with van der Waals surface area (Å²) in [6.07, 6.45) is 7.09. The SMILES string of the molecule is O=C(Cc1csc(-c2cccnc2)n1)N1CCCc2cc(S(=O)(=O)N3CCCC3)ccc21. The quantitative estimate of drug-likeness (QED) is 0.572. The van der Waals surface area contributed by atoms with Crippen LogP contribution in [-0.2, 0) is 27.7 Å². The first-order valence-electron chi connectivity index (χ1n) is 10.8. The number of nitrogens with zero attached hydrogens (tertiary/aromatic N) is 4. The summed E-state index contributed by atoms with van der Waals surface area (Å²) in [6, 6.07) is 9.00. The number of sulfonamides is 1. The van der Waals surface area contributed by atoms with Crippen molar-refractivity contribution in [3.63, 3.8) is 0 Å². The van der Waals surface area contributed by atoms with Crippen LogP contribution in [0, 0.1) is 0 Å². The Balaban J connectivity index is 1.35. The van der Waals surface area contributed by atoms with Gasteiger partial charge in [0, 0.05) is 48.7 Å². The van der Waals surface area contributed by atoms with E-state index in [-0.39, 0.29) is 12.3 Å². The first-order valence-corrected chi connectivity index (χ1v) is 13.1. The number of aromatic nitrogens is 2. The normalized spacial score (nSPS) is 16.8. The minimum absolute atomic E-state index is 0.0239. The van der Waals surface area contributed by atoms with Crippen molar-refractivity contribution in [2.75, 3.05) is 24.5 Å². The van der Waals surface area contributed by atoms with E-state index >= 15 is 0 Å². The van der Waals surface area contributed by atoms with E-state index in [4.69, 9.17) is 0 Å². The van der Waals surface area contributed by atoms with Crippen molar-refractivity contribution in [1.29, 1.82) is 0 Å². The molecule has 5 rings (SSSR count). The van der Waals surface area contributed by atoms with Gasteiger partial charge in [-0.25, -0.2) is 13.4 Å². The Morgan fingerprint density at radius 3 is 2.72 bits per heavy atom. The lowest BCUT2D eigenvalue weighted by Gasteiger charge is -2.30. The molecular formula is C23H24N4O3S2. The van der Waals surface area contributed by atoms with E-state index in [9.17, 15) is 13.2 Å². The Morgan fingerprint density at radius 1 is 1.09 bits per heavy atom. The molecule has 0 spiro atoms. The number of benzene rings is 1. The van der Waals surface area contributed by atoms with Crippen molar-refractivity contribution < 1.29 is 13.2 Å². The van der Waals surface area contributed by atoms with Crippen molar-refractivity contribution in [2.24, 2.45) is 0 Å². The minimum Gasteiger partial charge on any atom is -0.312 e. The van der Waals surface area contributed by atoms with Gasteiger partial charge >= 0.3 is 0 Å². The van der Waals surface area contributed by atoms with Crippen molar-refractivity contribution >= 4 is 33.0 Å². The van der Waals surface area contributed by atoms with Gasteiger partial charge in [-0.15, -0.1) is 11.3 Å². The molecule has 166 valence electrons. The number of thiazole rings is 1. The second-order valence-corrected chi connectivity index (χ2v) is 10.9. The number of pyridine rings is 1. The van der Waals surface area contributed by atoms with E-state index < -0.39 is 10.0 Å². The highest BCUT2D eigenvalue weighted by Crippen LogP contribution is 2.32. The van der Waals surface area contributed by atoms with Gasteiger partial charge in [0.25, 0.3) is 0 Å². The zero-order valence-corrected chi connectivity index (χ0v) is 19.2. The summed E-state index contributed by atoms with van der Waals surface area (Å²) in [4.78, 5) is 24.0. The number of rotatable bonds is 5. The van der Waals surface area contributed by atoms with Gasteiger partial charge in [0.15, 0.2) is 0 Å². The molecule has 7 nitrogen and oxygen atoms in total. The fraction of sp³-hybridized carbons (Fsp3) is 0.348. The lowest BCUT2D eigenvalue weighted by Crippen LogP contribution is -2.37. The molecule has 2 aromatic heterocycles. The van der Waals surface area contributed by atoms with E-state index in [1.165, 1.54) is 11.3 Å². The molecule has 3 aromatic rings. The molecule has 1 saturated heterocycles. The predicted octanol–water partition coefficient (Wildman–Crippen LogP) is 3.51. The second kappa shape index (κ2) is 8.73. The number of carbonyl (C=O) groups excluding carboxylic acids is 1. The zero-order chi connectivity index (χ0) is 22.1. The highest BCUT2D eigenvalue weighted by molar-refractivity contribution is 7.89. The molecule has 1 amide bonds. The number of hydrogen-bond acceptors (Lipinski definition) is 6. The Labute approximate surface area is 191 Å². The molecule has 32 heavy (non-hydrogen) atoms. The monoisotopic (exact) mass is 468 g/mol. The molecule has 0 atom stereocenters. The number of carbonyl (C=O) groups is 1. The first-order chi connectivity index (χ1) is 15.5. The van der Waals surface area contributed by atoms with Crippen LogP contribution in [0.15, 0.2) is 53.0 Å². The molecule has 0 unspecified atom stereocenters. The van der Waals surface area contributed by atoms with E-state index in [0.29, 0.717) is 24.5 Å². The molecule has 2 aliphatic rings. The van der Waals surface area contributed by atoms with Crippen molar-refractivity contribution in [3.05, 3.63) is 59.4 Å². The molecule has 1 aromatic carbocycles. The predicted molar refractivity (Wildman–Crippen MR) is 124 cm³/mol. The summed E-state index contributed by atoms with van der Waals surface area (Å²) in [6.45, 7) is 1.79. The Bertz CT molecular complexity index is 1240. The van der Waals surface area contributed by atoms with Crippen LogP contribution in [0.1, 0.15) is 30.5 Å². The molecule has 9 heteroatoms. The van der Waals surface area contributed by atoms with Gasteiger partial charge in [0.2, 0.25) is 15.9 Å². The molecule has 4 heterocycles. The number of fused-ring (bicyclic) bond motifs is 1. The van der Waals surface area contributed by atoms with Crippen molar-refractivity contribution in [1.82, 2.24) is 14.3 Å². The standard InChI is InChI=1S/C23H24N4O3S2/c28-22(14-19-16-31-23(25-19)18-5-3-9-24-15-18)27-12-4-6-17-13-20(7-8-21(17)27)32(29,30)26-10-1-2-11-26/h3,5,7-9,13,15-16H,1-2,4,6,10-12,14H2. The van der Waals surface area contributed by atoms with Gasteiger partial charge < -0.3 is 4.90 Å². The van der Waals surface area contributed by atoms with E-state index in [1.54, 1.807) is 39.8 Å². The molecule has 1 fully saturated rings. The largest absolute Gasteiger partial charge is 0.312 e. The van der Waals surface area contributed by atoms with Gasteiger partial charge in [0.05, 0.1) is 17.0 Å². The lowest BCUT2D eigenvalue weighted by atomic mass is 10.0. The smallest absolute Gasteiger partial charge is 0.243 e. The topological polar surface area (TPSA) is 83.5 Å². The summed E-state index contributed by atoms with van der Waals surface area (Å²) in [5, 5.41) is 2.76. The van der Waals surface area contributed by atoms with Crippen LogP contribution in [0.3, 0.4) is 0 Å². The number of aryl methyl sites for hydroxylation is 1. The first kappa shape index (κ1) is 21.2.